The van der Waals surface area contributed by atoms with E-state index in [0.29, 0.717) is 18.7 Å². The highest BCUT2D eigenvalue weighted by Gasteiger charge is 2.35. The van der Waals surface area contributed by atoms with Gasteiger partial charge in [-0.2, -0.15) is 0 Å². The third-order valence-electron chi connectivity index (χ3n) is 4.88. The molecule has 1 atom stereocenters. The van der Waals surface area contributed by atoms with Gasteiger partial charge in [0.15, 0.2) is 0 Å². The number of carbonyl (C=O) groups is 2. The van der Waals surface area contributed by atoms with E-state index in [2.05, 4.69) is 0 Å². The third kappa shape index (κ3) is 3.53. The standard InChI is InChI=1S/C20H21N3O4/c1-13-4-9-18(14(2)12-13)22-11-10-21(15(3)19(22)24)20(25)16-5-7-17(8-6-16)23(26)27/h4-9,12,15H,10-11H2,1-3H3/t15-/m0/s1. The monoisotopic (exact) mass is 367 g/mol. The Kier molecular flexibility index (Phi) is 4.94. The molecule has 0 unspecified atom stereocenters. The number of carbonyl (C=O) groups excluding carboxylic acids is 2. The number of piperazine rings is 1. The van der Waals surface area contributed by atoms with Gasteiger partial charge in [-0.05, 0) is 44.5 Å². The Balaban J connectivity index is 1.79. The van der Waals surface area contributed by atoms with Crippen LogP contribution in [0.15, 0.2) is 42.5 Å². The molecule has 7 heteroatoms. The van der Waals surface area contributed by atoms with Gasteiger partial charge in [-0.25, -0.2) is 0 Å². The maximum Gasteiger partial charge on any atom is 0.269 e. The lowest BCUT2D eigenvalue weighted by Crippen LogP contribution is -2.57. The molecule has 0 spiro atoms. The fourth-order valence-electron chi connectivity index (χ4n) is 3.39. The summed E-state index contributed by atoms with van der Waals surface area (Å²) in [5.74, 6) is -0.436. The minimum absolute atomic E-state index is 0.0738. The van der Waals surface area contributed by atoms with Crippen LogP contribution in [0.5, 0.6) is 0 Å². The molecule has 3 rings (SSSR count). The van der Waals surface area contributed by atoms with Crippen molar-refractivity contribution in [2.45, 2.75) is 26.8 Å². The summed E-state index contributed by atoms with van der Waals surface area (Å²) in [4.78, 5) is 39.2. The first-order valence-corrected chi connectivity index (χ1v) is 8.73. The SMILES string of the molecule is Cc1ccc(N2CCN(C(=O)c3ccc([N+](=O)[O-])cc3)[C@@H](C)C2=O)c(C)c1. The Morgan fingerprint density at radius 1 is 1.11 bits per heavy atom. The minimum atomic E-state index is -0.609. The molecule has 0 saturated carbocycles. The summed E-state index contributed by atoms with van der Waals surface area (Å²) in [6.45, 7) is 6.49. The number of amides is 2. The Morgan fingerprint density at radius 2 is 1.78 bits per heavy atom. The molecule has 140 valence electrons. The number of non-ortho nitro benzene ring substituents is 1. The first kappa shape index (κ1) is 18.6. The summed E-state index contributed by atoms with van der Waals surface area (Å²) >= 11 is 0. The molecule has 0 bridgehead atoms. The maximum atomic E-state index is 12.9. The van der Waals surface area contributed by atoms with E-state index in [1.807, 2.05) is 32.0 Å². The Hall–Kier alpha value is -3.22. The summed E-state index contributed by atoms with van der Waals surface area (Å²) in [5, 5.41) is 10.8. The van der Waals surface area contributed by atoms with Crippen LogP contribution in [0.25, 0.3) is 0 Å². The van der Waals surface area contributed by atoms with Gasteiger partial charge in [0.05, 0.1) is 4.92 Å². The fourth-order valence-corrected chi connectivity index (χ4v) is 3.39. The van der Waals surface area contributed by atoms with Crippen molar-refractivity contribution >= 4 is 23.2 Å². The second kappa shape index (κ2) is 7.19. The zero-order valence-electron chi connectivity index (χ0n) is 15.5. The van der Waals surface area contributed by atoms with E-state index in [-0.39, 0.29) is 17.5 Å². The second-order valence-electron chi connectivity index (χ2n) is 6.76. The molecule has 27 heavy (non-hydrogen) atoms. The maximum absolute atomic E-state index is 12.9. The predicted molar refractivity (Wildman–Crippen MR) is 102 cm³/mol. The highest BCUT2D eigenvalue weighted by molar-refractivity contribution is 6.03. The molecule has 2 aromatic carbocycles. The van der Waals surface area contributed by atoms with E-state index in [0.717, 1.165) is 16.8 Å². The van der Waals surface area contributed by atoms with Crippen molar-refractivity contribution < 1.29 is 14.5 Å². The van der Waals surface area contributed by atoms with E-state index < -0.39 is 11.0 Å². The van der Waals surface area contributed by atoms with Crippen LogP contribution in [0.4, 0.5) is 11.4 Å². The molecule has 0 radical (unpaired) electrons. The van der Waals surface area contributed by atoms with Gasteiger partial charge in [-0.15, -0.1) is 0 Å². The van der Waals surface area contributed by atoms with Gasteiger partial charge >= 0.3 is 0 Å². The molecule has 0 aromatic heterocycles. The number of rotatable bonds is 3. The molecule has 0 N–H and O–H groups in total. The Morgan fingerprint density at radius 3 is 2.37 bits per heavy atom. The van der Waals surface area contributed by atoms with Crippen LogP contribution in [0.3, 0.4) is 0 Å². The fraction of sp³-hybridized carbons (Fsp3) is 0.300. The summed E-state index contributed by atoms with van der Waals surface area (Å²) in [6, 6.07) is 10.8. The molecule has 7 nitrogen and oxygen atoms in total. The molecule has 2 aromatic rings. The van der Waals surface area contributed by atoms with Crippen molar-refractivity contribution in [2.24, 2.45) is 0 Å². The Labute approximate surface area is 157 Å². The van der Waals surface area contributed by atoms with Crippen LogP contribution in [-0.2, 0) is 4.79 Å². The predicted octanol–water partition coefficient (Wildman–Crippen LogP) is 3.09. The molecular weight excluding hydrogens is 346 g/mol. The van der Waals surface area contributed by atoms with Crippen molar-refractivity contribution in [3.8, 4) is 0 Å². The van der Waals surface area contributed by atoms with Gasteiger partial charge in [0, 0.05) is 36.5 Å². The summed E-state index contributed by atoms with van der Waals surface area (Å²) in [6.07, 6.45) is 0. The molecule has 1 fully saturated rings. The van der Waals surface area contributed by atoms with Crippen molar-refractivity contribution in [2.75, 3.05) is 18.0 Å². The first-order chi connectivity index (χ1) is 12.8. The average Bonchev–Trinajstić information content (AvgIpc) is 2.64. The van der Waals surface area contributed by atoms with E-state index in [1.54, 1.807) is 11.8 Å². The molecule has 1 aliphatic rings. The van der Waals surface area contributed by atoms with E-state index in [9.17, 15) is 19.7 Å². The van der Waals surface area contributed by atoms with Crippen LogP contribution in [0.2, 0.25) is 0 Å². The highest BCUT2D eigenvalue weighted by atomic mass is 16.6. The van der Waals surface area contributed by atoms with Gasteiger partial charge in [-0.1, -0.05) is 17.7 Å². The lowest BCUT2D eigenvalue weighted by atomic mass is 10.1. The number of aryl methyl sites for hydroxylation is 2. The molecular formula is C20H21N3O4. The summed E-state index contributed by atoms with van der Waals surface area (Å²) < 4.78 is 0. The quantitative estimate of drug-likeness (QED) is 0.616. The number of benzene rings is 2. The van der Waals surface area contributed by atoms with Crippen LogP contribution >= 0.6 is 0 Å². The van der Waals surface area contributed by atoms with Crippen LogP contribution in [0, 0.1) is 24.0 Å². The van der Waals surface area contributed by atoms with Crippen molar-refractivity contribution in [1.82, 2.24) is 4.90 Å². The van der Waals surface area contributed by atoms with Crippen LogP contribution in [-0.4, -0.2) is 40.8 Å². The zero-order valence-corrected chi connectivity index (χ0v) is 15.5. The van der Waals surface area contributed by atoms with E-state index in [4.69, 9.17) is 0 Å². The number of nitro benzene ring substituents is 1. The highest BCUT2D eigenvalue weighted by Crippen LogP contribution is 2.26. The number of hydrogen-bond acceptors (Lipinski definition) is 4. The zero-order chi connectivity index (χ0) is 19.7. The molecule has 0 aliphatic carbocycles. The molecule has 1 aliphatic heterocycles. The smallest absolute Gasteiger partial charge is 0.269 e. The van der Waals surface area contributed by atoms with Crippen molar-refractivity contribution in [1.29, 1.82) is 0 Å². The average molecular weight is 367 g/mol. The van der Waals surface area contributed by atoms with Gasteiger partial charge in [0.1, 0.15) is 6.04 Å². The number of nitrogens with zero attached hydrogens (tertiary/aromatic N) is 3. The summed E-state index contributed by atoms with van der Waals surface area (Å²) in [7, 11) is 0. The van der Waals surface area contributed by atoms with Crippen LogP contribution < -0.4 is 4.90 Å². The lowest BCUT2D eigenvalue weighted by Gasteiger charge is -2.39. The van der Waals surface area contributed by atoms with Crippen LogP contribution in [0.1, 0.15) is 28.4 Å². The summed E-state index contributed by atoms with van der Waals surface area (Å²) in [5.41, 5.74) is 3.27. The van der Waals surface area contributed by atoms with E-state index in [1.165, 1.54) is 29.2 Å². The second-order valence-corrected chi connectivity index (χ2v) is 6.76. The van der Waals surface area contributed by atoms with Crippen molar-refractivity contribution in [3.05, 3.63) is 69.3 Å². The third-order valence-corrected chi connectivity index (χ3v) is 4.88. The normalized spacial score (nSPS) is 17.1. The number of nitro groups is 1. The van der Waals surface area contributed by atoms with Gasteiger partial charge < -0.3 is 9.80 Å². The molecule has 1 saturated heterocycles. The molecule has 2 amide bonds. The van der Waals surface area contributed by atoms with Crippen molar-refractivity contribution in [3.63, 3.8) is 0 Å². The van der Waals surface area contributed by atoms with Gasteiger partial charge in [0.25, 0.3) is 11.6 Å². The Bertz CT molecular complexity index is 908. The van der Waals surface area contributed by atoms with E-state index >= 15 is 0 Å². The van der Waals surface area contributed by atoms with Gasteiger partial charge in [0.2, 0.25) is 5.91 Å². The van der Waals surface area contributed by atoms with Gasteiger partial charge in [-0.3, -0.25) is 19.7 Å². The number of hydrogen-bond donors (Lipinski definition) is 0. The minimum Gasteiger partial charge on any atom is -0.325 e. The lowest BCUT2D eigenvalue weighted by molar-refractivity contribution is -0.384. The first-order valence-electron chi connectivity index (χ1n) is 8.73. The molecule has 1 heterocycles. The number of anilines is 1. The topological polar surface area (TPSA) is 83.8 Å². The largest absolute Gasteiger partial charge is 0.325 e.